The van der Waals surface area contributed by atoms with Crippen molar-refractivity contribution in [2.45, 2.75) is 44.3 Å². The van der Waals surface area contributed by atoms with Crippen molar-refractivity contribution in [3.8, 4) is 0 Å². The fourth-order valence-electron chi connectivity index (χ4n) is 2.60. The topological polar surface area (TPSA) is 0 Å². The summed E-state index contributed by atoms with van der Waals surface area (Å²) in [7, 11) is -1.06. The van der Waals surface area contributed by atoms with Gasteiger partial charge in [-0.15, -0.1) is 0 Å². The maximum Gasteiger partial charge on any atom is 0.0903 e. The molecule has 2 rings (SSSR count). The Balaban J connectivity index is 2.03. The summed E-state index contributed by atoms with van der Waals surface area (Å²) < 4.78 is 0. The third-order valence-electron chi connectivity index (χ3n) is 3.83. The Bertz CT molecular complexity index is 336. The van der Waals surface area contributed by atoms with E-state index in [4.69, 9.17) is 0 Å². The molecule has 1 saturated heterocycles. The Hall–Kier alpha value is -0.823. The molecule has 1 aliphatic heterocycles. The molecule has 1 heteroatoms. The van der Waals surface area contributed by atoms with Gasteiger partial charge in [0.1, 0.15) is 0 Å². The third kappa shape index (κ3) is 2.46. The molecule has 16 heavy (non-hydrogen) atoms. The average Bonchev–Trinajstić information content (AvgIpc) is 2.28. The molecule has 86 valence electrons. The maximum absolute atomic E-state index is 2.46. The monoisotopic (exact) mass is 230 g/mol. The van der Waals surface area contributed by atoms with E-state index in [1.165, 1.54) is 37.4 Å². The number of hydrogen-bond donors (Lipinski definition) is 0. The number of unbranched alkanes of at least 4 members (excludes halogenated alkanes) is 1. The van der Waals surface area contributed by atoms with Crippen LogP contribution in [0.1, 0.15) is 26.2 Å². The van der Waals surface area contributed by atoms with Gasteiger partial charge < -0.3 is 0 Å². The van der Waals surface area contributed by atoms with Crippen molar-refractivity contribution in [1.29, 1.82) is 0 Å². The van der Waals surface area contributed by atoms with Crippen molar-refractivity contribution in [3.63, 3.8) is 0 Å². The van der Waals surface area contributed by atoms with Crippen LogP contribution in [0.4, 0.5) is 0 Å². The van der Waals surface area contributed by atoms with Gasteiger partial charge in [0.2, 0.25) is 0 Å². The summed E-state index contributed by atoms with van der Waals surface area (Å²) in [6.45, 7) is 2.25. The first-order chi connectivity index (χ1) is 7.87. The van der Waals surface area contributed by atoms with Crippen LogP contribution in [0.15, 0.2) is 42.5 Å². The second-order valence-electron chi connectivity index (χ2n) is 4.96. The molecule has 0 radical (unpaired) electrons. The van der Waals surface area contributed by atoms with Crippen molar-refractivity contribution in [2.24, 2.45) is 0 Å². The van der Waals surface area contributed by atoms with Gasteiger partial charge in [-0.2, -0.15) is 0 Å². The summed E-state index contributed by atoms with van der Waals surface area (Å²) in [6.07, 6.45) is 8.83. The van der Waals surface area contributed by atoms with Crippen LogP contribution in [0, 0.1) is 0 Å². The molecule has 0 amide bonds. The molecule has 0 N–H and O–H groups in total. The number of allylic oxidation sites excluding steroid dienone is 2. The Morgan fingerprint density at radius 2 is 1.88 bits per heavy atom. The van der Waals surface area contributed by atoms with Crippen LogP contribution in [0.5, 0.6) is 0 Å². The van der Waals surface area contributed by atoms with Crippen LogP contribution in [0.3, 0.4) is 0 Å². The minimum atomic E-state index is -1.06. The van der Waals surface area contributed by atoms with E-state index in [0.29, 0.717) is 0 Å². The largest absolute Gasteiger partial charge is 0.0909 e. The fourth-order valence-corrected chi connectivity index (χ4v) is 6.55. The van der Waals surface area contributed by atoms with Gasteiger partial charge in [0.05, 0.1) is 8.07 Å². The normalized spacial score (nSPS) is 18.6. The minimum Gasteiger partial charge on any atom is -0.0909 e. The minimum absolute atomic E-state index is 1.06. The van der Waals surface area contributed by atoms with E-state index in [-0.39, 0.29) is 0 Å². The van der Waals surface area contributed by atoms with E-state index < -0.39 is 8.07 Å². The zero-order valence-electron chi connectivity index (χ0n) is 10.3. The molecule has 1 aromatic carbocycles. The van der Waals surface area contributed by atoms with E-state index in [0.717, 1.165) is 0 Å². The lowest BCUT2D eigenvalue weighted by Gasteiger charge is -2.39. The lowest BCUT2D eigenvalue weighted by atomic mass is 10.3. The zero-order valence-corrected chi connectivity index (χ0v) is 11.3. The van der Waals surface area contributed by atoms with Gasteiger partial charge in [-0.3, -0.25) is 0 Å². The second kappa shape index (κ2) is 5.49. The van der Waals surface area contributed by atoms with Crippen LogP contribution >= 0.6 is 0 Å². The third-order valence-corrected chi connectivity index (χ3v) is 9.02. The summed E-state index contributed by atoms with van der Waals surface area (Å²) >= 11 is 0. The van der Waals surface area contributed by atoms with E-state index in [1.807, 2.05) is 0 Å². The molecule has 0 saturated carbocycles. The molecule has 1 aromatic rings. The maximum atomic E-state index is 2.46. The van der Waals surface area contributed by atoms with Crippen molar-refractivity contribution >= 4 is 13.3 Å². The predicted molar refractivity (Wildman–Crippen MR) is 74.9 cm³/mol. The molecule has 0 aromatic heterocycles. The van der Waals surface area contributed by atoms with Crippen molar-refractivity contribution in [3.05, 3.63) is 42.5 Å². The summed E-state index contributed by atoms with van der Waals surface area (Å²) in [5, 5.41) is 1.68. The average molecular weight is 230 g/mol. The molecule has 1 fully saturated rings. The molecular formula is C15H22Si. The summed E-state index contributed by atoms with van der Waals surface area (Å²) in [5.74, 6) is 0. The van der Waals surface area contributed by atoms with Gasteiger partial charge in [0, 0.05) is 0 Å². The Kier molecular flexibility index (Phi) is 4.00. The smallest absolute Gasteiger partial charge is 0.0903 e. The molecule has 0 bridgehead atoms. The molecule has 0 unspecified atom stereocenters. The lowest BCUT2D eigenvalue weighted by molar-refractivity contribution is 0.903. The summed E-state index contributed by atoms with van der Waals surface area (Å²) in [6, 6.07) is 15.7. The van der Waals surface area contributed by atoms with Crippen molar-refractivity contribution in [2.75, 3.05) is 0 Å². The standard InChI is InChI=1S/C15H22Si/c1-2-3-4-8-12-16(13-9-14-16)15-10-6-5-7-11-15/h4-8,10-11H,2-3,9,12-14H2,1H3/b8-4-. The highest BCUT2D eigenvalue weighted by Crippen LogP contribution is 2.35. The SMILES string of the molecule is CCC/C=C\C[Si]1(c2ccccc2)CCC1. The van der Waals surface area contributed by atoms with Crippen LogP contribution in [0.25, 0.3) is 0 Å². The quantitative estimate of drug-likeness (QED) is 0.528. The van der Waals surface area contributed by atoms with Crippen LogP contribution in [-0.4, -0.2) is 8.07 Å². The molecule has 1 aliphatic rings. The second-order valence-corrected chi connectivity index (χ2v) is 9.51. The fraction of sp³-hybridized carbons (Fsp3) is 0.467. The molecular weight excluding hydrogens is 208 g/mol. The van der Waals surface area contributed by atoms with Gasteiger partial charge in [-0.25, -0.2) is 0 Å². The highest BCUT2D eigenvalue weighted by atomic mass is 28.3. The van der Waals surface area contributed by atoms with E-state index >= 15 is 0 Å². The van der Waals surface area contributed by atoms with Gasteiger partial charge in [0.25, 0.3) is 0 Å². The predicted octanol–water partition coefficient (Wildman–Crippen LogP) is 4.10. The first-order valence-corrected chi connectivity index (χ1v) is 9.20. The van der Waals surface area contributed by atoms with Crippen molar-refractivity contribution < 1.29 is 0 Å². The molecule has 0 aliphatic carbocycles. The highest BCUT2D eigenvalue weighted by Gasteiger charge is 2.39. The first-order valence-electron chi connectivity index (χ1n) is 6.58. The number of benzene rings is 1. The Labute approximate surface area is 100 Å². The summed E-state index contributed by atoms with van der Waals surface area (Å²) in [5.41, 5.74) is 0. The van der Waals surface area contributed by atoms with Crippen LogP contribution in [0.2, 0.25) is 18.1 Å². The van der Waals surface area contributed by atoms with Gasteiger partial charge in [0.15, 0.2) is 0 Å². The van der Waals surface area contributed by atoms with Gasteiger partial charge in [-0.1, -0.05) is 79.5 Å². The number of rotatable bonds is 5. The molecule has 0 spiro atoms. The molecule has 1 heterocycles. The van der Waals surface area contributed by atoms with Crippen LogP contribution in [-0.2, 0) is 0 Å². The summed E-state index contributed by atoms with van der Waals surface area (Å²) in [4.78, 5) is 0. The number of hydrogen-bond acceptors (Lipinski definition) is 0. The lowest BCUT2D eigenvalue weighted by Crippen LogP contribution is -2.52. The van der Waals surface area contributed by atoms with E-state index in [2.05, 4.69) is 49.4 Å². The van der Waals surface area contributed by atoms with E-state index in [1.54, 1.807) is 5.19 Å². The Morgan fingerprint density at radius 3 is 2.44 bits per heavy atom. The van der Waals surface area contributed by atoms with Crippen molar-refractivity contribution in [1.82, 2.24) is 0 Å². The van der Waals surface area contributed by atoms with E-state index in [9.17, 15) is 0 Å². The Morgan fingerprint density at radius 1 is 1.12 bits per heavy atom. The zero-order chi connectivity index (χ0) is 11.3. The highest BCUT2D eigenvalue weighted by molar-refractivity contribution is 6.94. The van der Waals surface area contributed by atoms with Crippen LogP contribution < -0.4 is 5.19 Å². The van der Waals surface area contributed by atoms with Gasteiger partial charge in [-0.05, 0) is 12.5 Å². The molecule has 0 atom stereocenters. The van der Waals surface area contributed by atoms with Gasteiger partial charge >= 0.3 is 0 Å². The molecule has 0 nitrogen and oxygen atoms in total. The first kappa shape index (κ1) is 11.7.